The van der Waals surface area contributed by atoms with Crippen LogP contribution in [0.2, 0.25) is 0 Å². The average molecular weight is 369 g/mol. The Morgan fingerprint density at radius 2 is 1.57 bits per heavy atom. The van der Waals surface area contributed by atoms with E-state index in [0.29, 0.717) is 22.5 Å². The summed E-state index contributed by atoms with van der Waals surface area (Å²) in [7, 11) is 0. The lowest BCUT2D eigenvalue weighted by atomic mass is 9.95. The molecule has 4 aromatic rings. The van der Waals surface area contributed by atoms with Crippen molar-refractivity contribution in [2.45, 2.75) is 0 Å². The number of para-hydroxylation sites is 1. The van der Waals surface area contributed by atoms with E-state index in [2.05, 4.69) is 10.3 Å². The SMILES string of the molecule is O=C(Nc1cccc2cccc(-c3ccccc3[N+](=O)[O-])c12)c1ccccn1. The standard InChI is InChI=1S/C22H15N3O3/c26-22(19-11-3-4-14-23-19)24-18-12-6-8-15-7-5-10-17(21(15)18)16-9-1-2-13-20(16)25(27)28/h1-14H,(H,24,26). The molecule has 0 saturated heterocycles. The van der Waals surface area contributed by atoms with E-state index in [1.165, 1.54) is 6.07 Å². The van der Waals surface area contributed by atoms with Crippen LogP contribution < -0.4 is 5.32 Å². The molecule has 0 aliphatic heterocycles. The third kappa shape index (κ3) is 3.19. The van der Waals surface area contributed by atoms with Crippen LogP contribution in [0, 0.1) is 10.1 Å². The van der Waals surface area contributed by atoms with Crippen LogP contribution in [-0.2, 0) is 0 Å². The van der Waals surface area contributed by atoms with Crippen molar-refractivity contribution in [3.05, 3.63) is 101 Å². The van der Waals surface area contributed by atoms with Crippen molar-refractivity contribution in [1.82, 2.24) is 4.98 Å². The number of anilines is 1. The summed E-state index contributed by atoms with van der Waals surface area (Å²) < 4.78 is 0. The van der Waals surface area contributed by atoms with E-state index in [1.54, 1.807) is 48.7 Å². The molecule has 0 aliphatic rings. The number of nitro benzene ring substituents is 1. The zero-order chi connectivity index (χ0) is 19.5. The van der Waals surface area contributed by atoms with E-state index in [4.69, 9.17) is 0 Å². The van der Waals surface area contributed by atoms with Gasteiger partial charge < -0.3 is 5.32 Å². The summed E-state index contributed by atoms with van der Waals surface area (Å²) in [5, 5.41) is 16.0. The second-order valence-electron chi connectivity index (χ2n) is 6.15. The number of benzene rings is 3. The van der Waals surface area contributed by atoms with Crippen LogP contribution in [-0.4, -0.2) is 15.8 Å². The predicted octanol–water partition coefficient (Wildman–Crippen LogP) is 5.06. The first-order valence-corrected chi connectivity index (χ1v) is 8.63. The van der Waals surface area contributed by atoms with Gasteiger partial charge in [0.25, 0.3) is 11.6 Å². The molecule has 136 valence electrons. The van der Waals surface area contributed by atoms with E-state index in [0.717, 1.165) is 10.8 Å². The van der Waals surface area contributed by atoms with Gasteiger partial charge in [-0.15, -0.1) is 0 Å². The van der Waals surface area contributed by atoms with E-state index in [9.17, 15) is 14.9 Å². The van der Waals surface area contributed by atoms with E-state index >= 15 is 0 Å². The summed E-state index contributed by atoms with van der Waals surface area (Å²) in [6.45, 7) is 0. The Balaban J connectivity index is 1.89. The zero-order valence-corrected chi connectivity index (χ0v) is 14.7. The molecular weight excluding hydrogens is 354 g/mol. The van der Waals surface area contributed by atoms with E-state index in [-0.39, 0.29) is 11.6 Å². The molecule has 4 rings (SSSR count). The summed E-state index contributed by atoms with van der Waals surface area (Å²) >= 11 is 0. The summed E-state index contributed by atoms with van der Waals surface area (Å²) in [5.74, 6) is -0.342. The van der Waals surface area contributed by atoms with Crippen LogP contribution in [0.5, 0.6) is 0 Å². The molecule has 0 atom stereocenters. The van der Waals surface area contributed by atoms with Gasteiger partial charge in [0, 0.05) is 23.3 Å². The second-order valence-corrected chi connectivity index (χ2v) is 6.15. The van der Waals surface area contributed by atoms with Crippen molar-refractivity contribution in [3.8, 4) is 11.1 Å². The number of fused-ring (bicyclic) bond motifs is 1. The van der Waals surface area contributed by atoms with Crippen molar-refractivity contribution in [3.63, 3.8) is 0 Å². The summed E-state index contributed by atoms with van der Waals surface area (Å²) in [6, 6.07) is 22.8. The number of aromatic nitrogens is 1. The van der Waals surface area contributed by atoms with Gasteiger partial charge in [0.1, 0.15) is 5.69 Å². The Hall–Kier alpha value is -4.06. The van der Waals surface area contributed by atoms with Gasteiger partial charge in [-0.3, -0.25) is 19.9 Å². The molecule has 1 aromatic heterocycles. The third-order valence-electron chi connectivity index (χ3n) is 4.44. The molecule has 1 heterocycles. The van der Waals surface area contributed by atoms with E-state index < -0.39 is 4.92 Å². The molecule has 0 radical (unpaired) electrons. The smallest absolute Gasteiger partial charge is 0.277 e. The maximum absolute atomic E-state index is 12.6. The summed E-state index contributed by atoms with van der Waals surface area (Å²) in [6.07, 6.45) is 1.55. The number of pyridine rings is 1. The zero-order valence-electron chi connectivity index (χ0n) is 14.7. The van der Waals surface area contributed by atoms with Gasteiger partial charge in [0.15, 0.2) is 0 Å². The molecule has 0 saturated carbocycles. The third-order valence-corrected chi connectivity index (χ3v) is 4.44. The molecule has 1 N–H and O–H groups in total. The Bertz CT molecular complexity index is 1180. The number of hydrogen-bond acceptors (Lipinski definition) is 4. The second kappa shape index (κ2) is 7.28. The molecule has 0 unspecified atom stereocenters. The summed E-state index contributed by atoms with van der Waals surface area (Å²) in [4.78, 5) is 27.8. The predicted molar refractivity (Wildman–Crippen MR) is 108 cm³/mol. The van der Waals surface area contributed by atoms with Gasteiger partial charge in [-0.2, -0.15) is 0 Å². The van der Waals surface area contributed by atoms with Gasteiger partial charge in [0.2, 0.25) is 0 Å². The van der Waals surface area contributed by atoms with Crippen LogP contribution in [0.3, 0.4) is 0 Å². The van der Waals surface area contributed by atoms with Gasteiger partial charge >= 0.3 is 0 Å². The highest BCUT2D eigenvalue weighted by Crippen LogP contribution is 2.38. The molecule has 1 amide bonds. The molecule has 0 bridgehead atoms. The number of hydrogen-bond donors (Lipinski definition) is 1. The highest BCUT2D eigenvalue weighted by Gasteiger charge is 2.18. The number of carbonyl (C=O) groups excluding carboxylic acids is 1. The van der Waals surface area contributed by atoms with Crippen LogP contribution in [0.15, 0.2) is 85.1 Å². The van der Waals surface area contributed by atoms with Crippen molar-refractivity contribution in [2.24, 2.45) is 0 Å². The maximum atomic E-state index is 12.6. The number of amides is 1. The van der Waals surface area contributed by atoms with Gasteiger partial charge in [-0.25, -0.2) is 0 Å². The number of nitrogens with zero attached hydrogens (tertiary/aromatic N) is 2. The lowest BCUT2D eigenvalue weighted by Gasteiger charge is -2.13. The van der Waals surface area contributed by atoms with Crippen LogP contribution in [0.4, 0.5) is 11.4 Å². The van der Waals surface area contributed by atoms with Crippen LogP contribution in [0.1, 0.15) is 10.5 Å². The molecule has 28 heavy (non-hydrogen) atoms. The minimum atomic E-state index is -0.400. The minimum absolute atomic E-state index is 0.0147. The fourth-order valence-corrected chi connectivity index (χ4v) is 3.21. The number of carbonyl (C=O) groups is 1. The Morgan fingerprint density at radius 3 is 2.32 bits per heavy atom. The number of rotatable bonds is 4. The lowest BCUT2D eigenvalue weighted by Crippen LogP contribution is -2.13. The molecule has 0 aliphatic carbocycles. The van der Waals surface area contributed by atoms with Crippen molar-refractivity contribution < 1.29 is 9.72 Å². The topological polar surface area (TPSA) is 85.1 Å². The van der Waals surface area contributed by atoms with Gasteiger partial charge in [-0.05, 0) is 35.2 Å². The maximum Gasteiger partial charge on any atom is 0.277 e. The van der Waals surface area contributed by atoms with Crippen molar-refractivity contribution in [2.75, 3.05) is 5.32 Å². The monoisotopic (exact) mass is 369 g/mol. The molecule has 0 fully saturated rings. The van der Waals surface area contributed by atoms with Crippen molar-refractivity contribution in [1.29, 1.82) is 0 Å². The Labute approximate surface area is 160 Å². The molecule has 6 heteroatoms. The van der Waals surface area contributed by atoms with Gasteiger partial charge in [0.05, 0.1) is 10.5 Å². The number of nitro groups is 1. The first-order chi connectivity index (χ1) is 13.6. The lowest BCUT2D eigenvalue weighted by molar-refractivity contribution is -0.384. The largest absolute Gasteiger partial charge is 0.320 e. The fourth-order valence-electron chi connectivity index (χ4n) is 3.21. The van der Waals surface area contributed by atoms with Gasteiger partial charge in [-0.1, -0.05) is 48.5 Å². The molecule has 6 nitrogen and oxygen atoms in total. The Kier molecular flexibility index (Phi) is 4.51. The Morgan fingerprint density at radius 1 is 0.857 bits per heavy atom. The normalized spacial score (nSPS) is 10.6. The molecular formula is C22H15N3O3. The van der Waals surface area contributed by atoms with Crippen LogP contribution in [0.25, 0.3) is 21.9 Å². The molecule has 0 spiro atoms. The van der Waals surface area contributed by atoms with Crippen molar-refractivity contribution >= 4 is 28.1 Å². The molecule has 3 aromatic carbocycles. The first kappa shape index (κ1) is 17.4. The quantitative estimate of drug-likeness (QED) is 0.402. The van der Waals surface area contributed by atoms with E-state index in [1.807, 2.05) is 30.3 Å². The average Bonchev–Trinajstić information content (AvgIpc) is 2.74. The van der Waals surface area contributed by atoms with Crippen LogP contribution >= 0.6 is 0 Å². The highest BCUT2D eigenvalue weighted by atomic mass is 16.6. The fraction of sp³-hybridized carbons (Fsp3) is 0. The first-order valence-electron chi connectivity index (χ1n) is 8.63. The number of nitrogens with one attached hydrogen (secondary N) is 1. The minimum Gasteiger partial charge on any atom is -0.320 e. The highest BCUT2D eigenvalue weighted by molar-refractivity contribution is 6.12. The summed E-state index contributed by atoms with van der Waals surface area (Å²) in [5.41, 5.74) is 2.06.